The van der Waals surface area contributed by atoms with Crippen LogP contribution in [0, 0.1) is 11.3 Å². The molecular weight excluding hydrogens is 288 g/mol. The van der Waals surface area contributed by atoms with E-state index in [4.69, 9.17) is 11.0 Å². The Labute approximate surface area is 133 Å². The van der Waals surface area contributed by atoms with Crippen LogP contribution in [0.25, 0.3) is 22.2 Å². The largest absolute Gasteiger partial charge is 0.366 e. The second-order valence-electron chi connectivity index (χ2n) is 5.73. The van der Waals surface area contributed by atoms with E-state index in [0.29, 0.717) is 16.9 Å². The molecule has 2 heterocycles. The molecule has 0 radical (unpaired) electrons. The highest BCUT2D eigenvalue weighted by Gasteiger charge is 2.14. The minimum Gasteiger partial charge on any atom is -0.366 e. The van der Waals surface area contributed by atoms with Crippen LogP contribution in [-0.4, -0.2) is 15.9 Å². The number of benzene rings is 1. The van der Waals surface area contributed by atoms with E-state index in [1.165, 1.54) is 0 Å². The van der Waals surface area contributed by atoms with E-state index < -0.39 is 5.91 Å². The maximum absolute atomic E-state index is 11.6. The minimum atomic E-state index is -0.417. The number of rotatable bonds is 3. The molecule has 1 aromatic carbocycles. The summed E-state index contributed by atoms with van der Waals surface area (Å²) in [6.45, 7) is 4.06. The first-order chi connectivity index (χ1) is 11.0. The molecule has 0 spiro atoms. The van der Waals surface area contributed by atoms with Crippen LogP contribution in [0.2, 0.25) is 0 Å². The summed E-state index contributed by atoms with van der Waals surface area (Å²) in [6, 6.07) is 11.2. The number of hydrogen-bond donors (Lipinski definition) is 2. The normalized spacial score (nSPS) is 10.9. The van der Waals surface area contributed by atoms with Gasteiger partial charge in [0.15, 0.2) is 0 Å². The van der Waals surface area contributed by atoms with Crippen molar-refractivity contribution >= 4 is 16.9 Å². The van der Waals surface area contributed by atoms with E-state index in [1.54, 1.807) is 12.1 Å². The molecule has 0 atom stereocenters. The molecule has 0 unspecified atom stereocenters. The highest BCUT2D eigenvalue weighted by Crippen LogP contribution is 2.31. The molecule has 0 aliphatic rings. The smallest absolute Gasteiger partial charge is 0.248 e. The fraction of sp³-hybridized carbons (Fsp3) is 0.167. The number of fused-ring (bicyclic) bond motifs is 1. The zero-order valence-electron chi connectivity index (χ0n) is 12.9. The van der Waals surface area contributed by atoms with Crippen LogP contribution in [0.3, 0.4) is 0 Å². The first-order valence-electron chi connectivity index (χ1n) is 7.33. The molecule has 3 rings (SSSR count). The maximum atomic E-state index is 11.6. The first-order valence-corrected chi connectivity index (χ1v) is 7.33. The number of H-pyrrole nitrogens is 1. The van der Waals surface area contributed by atoms with Crippen molar-refractivity contribution in [2.45, 2.75) is 19.8 Å². The quantitative estimate of drug-likeness (QED) is 0.776. The van der Waals surface area contributed by atoms with Gasteiger partial charge >= 0.3 is 0 Å². The van der Waals surface area contributed by atoms with Crippen LogP contribution in [0.5, 0.6) is 0 Å². The SMILES string of the molecule is CC(C)c1cc(-c2c[nH]c3nc(C#N)ccc23)ccc1C(N)=O. The molecule has 0 saturated heterocycles. The molecule has 3 N–H and O–H groups in total. The van der Waals surface area contributed by atoms with Crippen LogP contribution in [0.15, 0.2) is 36.5 Å². The Morgan fingerprint density at radius 3 is 2.74 bits per heavy atom. The fourth-order valence-corrected chi connectivity index (χ4v) is 2.74. The summed E-state index contributed by atoms with van der Waals surface area (Å²) in [5.74, 6) is -0.231. The van der Waals surface area contributed by atoms with E-state index >= 15 is 0 Å². The van der Waals surface area contributed by atoms with Crippen molar-refractivity contribution in [3.63, 3.8) is 0 Å². The number of carbonyl (C=O) groups is 1. The Balaban J connectivity index is 2.18. The van der Waals surface area contributed by atoms with Crippen molar-refractivity contribution in [1.29, 1.82) is 5.26 Å². The van der Waals surface area contributed by atoms with Gasteiger partial charge in [-0.1, -0.05) is 26.0 Å². The van der Waals surface area contributed by atoms with Crippen molar-refractivity contribution in [2.75, 3.05) is 0 Å². The molecule has 0 saturated carbocycles. The van der Waals surface area contributed by atoms with Crippen molar-refractivity contribution in [3.8, 4) is 17.2 Å². The van der Waals surface area contributed by atoms with E-state index in [-0.39, 0.29) is 5.92 Å². The minimum absolute atomic E-state index is 0.186. The molecule has 23 heavy (non-hydrogen) atoms. The number of aromatic amines is 1. The molecule has 0 fully saturated rings. The standard InChI is InChI=1S/C18H16N4O/c1-10(2)15-7-11(3-5-13(15)17(20)23)16-9-21-18-14(16)6-4-12(8-19)22-18/h3-7,9-10H,1-2H3,(H2,20,23)(H,21,22). The number of pyridine rings is 1. The van der Waals surface area contributed by atoms with Gasteiger partial charge in [-0.2, -0.15) is 5.26 Å². The third-order valence-electron chi connectivity index (χ3n) is 3.90. The first kappa shape index (κ1) is 14.8. The Bertz CT molecular complexity index is 947. The third-order valence-corrected chi connectivity index (χ3v) is 3.90. The van der Waals surface area contributed by atoms with Crippen LogP contribution in [-0.2, 0) is 0 Å². The van der Waals surface area contributed by atoms with Gasteiger partial charge in [-0.25, -0.2) is 4.98 Å². The topological polar surface area (TPSA) is 95.6 Å². The highest BCUT2D eigenvalue weighted by molar-refractivity contribution is 5.97. The molecule has 0 aliphatic carbocycles. The van der Waals surface area contributed by atoms with Crippen LogP contribution >= 0.6 is 0 Å². The zero-order chi connectivity index (χ0) is 16.6. The lowest BCUT2D eigenvalue weighted by Gasteiger charge is -2.12. The lowest BCUT2D eigenvalue weighted by molar-refractivity contribution is 0.0999. The van der Waals surface area contributed by atoms with Gasteiger partial charge in [0.25, 0.3) is 0 Å². The molecule has 5 heteroatoms. The van der Waals surface area contributed by atoms with Crippen LogP contribution < -0.4 is 5.73 Å². The van der Waals surface area contributed by atoms with Crippen LogP contribution in [0.4, 0.5) is 0 Å². The number of nitrogens with one attached hydrogen (secondary N) is 1. The average Bonchev–Trinajstić information content (AvgIpc) is 2.96. The van der Waals surface area contributed by atoms with Crippen molar-refractivity contribution in [3.05, 3.63) is 53.3 Å². The fourth-order valence-electron chi connectivity index (χ4n) is 2.74. The number of nitriles is 1. The summed E-state index contributed by atoms with van der Waals surface area (Å²) >= 11 is 0. The van der Waals surface area contributed by atoms with E-state index in [0.717, 1.165) is 22.1 Å². The molecular formula is C18H16N4O. The number of carbonyl (C=O) groups excluding carboxylic acids is 1. The molecule has 5 nitrogen and oxygen atoms in total. The number of nitrogens with two attached hydrogens (primary N) is 1. The maximum Gasteiger partial charge on any atom is 0.248 e. The Morgan fingerprint density at radius 2 is 2.09 bits per heavy atom. The van der Waals surface area contributed by atoms with Gasteiger partial charge in [0.1, 0.15) is 17.4 Å². The van der Waals surface area contributed by atoms with Gasteiger partial charge in [-0.15, -0.1) is 0 Å². The molecule has 1 amide bonds. The summed E-state index contributed by atoms with van der Waals surface area (Å²) in [5, 5.41) is 9.87. The number of nitrogens with zero attached hydrogens (tertiary/aromatic N) is 2. The second kappa shape index (κ2) is 5.58. The van der Waals surface area contributed by atoms with E-state index in [1.807, 2.05) is 44.3 Å². The Kier molecular flexibility index (Phi) is 3.59. The molecule has 3 aromatic rings. The average molecular weight is 304 g/mol. The van der Waals surface area contributed by atoms with Gasteiger partial charge in [0.05, 0.1) is 0 Å². The van der Waals surface area contributed by atoms with E-state index in [2.05, 4.69) is 9.97 Å². The van der Waals surface area contributed by atoms with E-state index in [9.17, 15) is 4.79 Å². The van der Waals surface area contributed by atoms with Crippen molar-refractivity contribution in [2.24, 2.45) is 5.73 Å². The summed E-state index contributed by atoms with van der Waals surface area (Å²) in [4.78, 5) is 18.9. The lowest BCUT2D eigenvalue weighted by Crippen LogP contribution is -2.14. The Morgan fingerprint density at radius 1 is 1.30 bits per heavy atom. The second-order valence-corrected chi connectivity index (χ2v) is 5.73. The monoisotopic (exact) mass is 304 g/mol. The molecule has 114 valence electrons. The van der Waals surface area contributed by atoms with Crippen LogP contribution in [0.1, 0.15) is 41.4 Å². The van der Waals surface area contributed by atoms with Gasteiger partial charge in [-0.05, 0) is 35.2 Å². The number of amides is 1. The van der Waals surface area contributed by atoms with Gasteiger partial charge in [0.2, 0.25) is 5.91 Å². The number of hydrogen-bond acceptors (Lipinski definition) is 3. The molecule has 2 aromatic heterocycles. The summed E-state index contributed by atoms with van der Waals surface area (Å²) in [7, 11) is 0. The van der Waals surface area contributed by atoms with Crippen molar-refractivity contribution < 1.29 is 4.79 Å². The number of aromatic nitrogens is 2. The highest BCUT2D eigenvalue weighted by atomic mass is 16.1. The van der Waals surface area contributed by atoms with Gasteiger partial charge < -0.3 is 10.7 Å². The summed E-state index contributed by atoms with van der Waals surface area (Å²) < 4.78 is 0. The number of primary amides is 1. The van der Waals surface area contributed by atoms with Crippen molar-refractivity contribution in [1.82, 2.24) is 9.97 Å². The predicted molar refractivity (Wildman–Crippen MR) is 88.9 cm³/mol. The molecule has 0 aliphatic heterocycles. The zero-order valence-corrected chi connectivity index (χ0v) is 12.9. The lowest BCUT2D eigenvalue weighted by atomic mass is 9.92. The van der Waals surface area contributed by atoms with Gasteiger partial charge in [0, 0.05) is 22.7 Å². The third kappa shape index (κ3) is 2.55. The predicted octanol–water partition coefficient (Wildman–Crippen LogP) is 3.32. The molecule has 0 bridgehead atoms. The Hall–Kier alpha value is -3.13. The summed E-state index contributed by atoms with van der Waals surface area (Å²) in [5.41, 5.74) is 9.94. The summed E-state index contributed by atoms with van der Waals surface area (Å²) in [6.07, 6.45) is 1.86. The van der Waals surface area contributed by atoms with Gasteiger partial charge in [-0.3, -0.25) is 4.79 Å².